The number of likely N-dealkylation sites (N-methyl/N-ethyl adjacent to an activating group) is 1. The van der Waals surface area contributed by atoms with Gasteiger partial charge >= 0.3 is 0 Å². The molecule has 0 bridgehead atoms. The average molecular weight is 333 g/mol. The van der Waals surface area contributed by atoms with Gasteiger partial charge in [0.05, 0.1) is 22.1 Å². The molecule has 1 heterocycles. The van der Waals surface area contributed by atoms with Crippen LogP contribution in [-0.2, 0) is 9.59 Å². The van der Waals surface area contributed by atoms with E-state index in [0.717, 1.165) is 0 Å². The smallest absolute Gasteiger partial charge is 0.290 e. The van der Waals surface area contributed by atoms with E-state index in [1.54, 1.807) is 6.07 Å². The molecule has 1 amide bonds. The highest BCUT2D eigenvalue weighted by atomic mass is 16.6. The van der Waals surface area contributed by atoms with Crippen LogP contribution in [0.2, 0.25) is 0 Å². The number of benzene rings is 1. The number of nitro benzene ring substituents is 1. The predicted octanol–water partition coefficient (Wildman–Crippen LogP) is 1.44. The molecule has 0 aliphatic carbocycles. The Balaban J connectivity index is 2.57. The number of nitro groups is 1. The Morgan fingerprint density at radius 1 is 1.38 bits per heavy atom. The van der Waals surface area contributed by atoms with E-state index in [1.165, 1.54) is 30.0 Å². The topological polar surface area (TPSA) is 104 Å². The number of Topliss-reactive ketones (excluding diaryl/α,β-unsaturated/α-hetero) is 1. The maximum Gasteiger partial charge on any atom is 0.290 e. The third kappa shape index (κ3) is 3.13. The fourth-order valence-corrected chi connectivity index (χ4v) is 2.76. The number of hydrogen-bond donors (Lipinski definition) is 1. The first-order chi connectivity index (χ1) is 11.3. The van der Waals surface area contributed by atoms with E-state index in [9.17, 15) is 24.8 Å². The van der Waals surface area contributed by atoms with Crippen molar-refractivity contribution in [1.29, 1.82) is 0 Å². The van der Waals surface area contributed by atoms with E-state index in [2.05, 4.69) is 0 Å². The molecule has 2 rings (SSSR count). The third-order valence-electron chi connectivity index (χ3n) is 3.90. The fourth-order valence-electron chi connectivity index (χ4n) is 2.76. The van der Waals surface area contributed by atoms with Gasteiger partial charge in [-0.2, -0.15) is 0 Å². The van der Waals surface area contributed by atoms with Gasteiger partial charge in [0, 0.05) is 19.2 Å². The summed E-state index contributed by atoms with van der Waals surface area (Å²) in [6.45, 7) is 1.95. The van der Waals surface area contributed by atoms with E-state index in [4.69, 9.17) is 0 Å². The fraction of sp³-hybridized carbons (Fsp3) is 0.375. The molecule has 0 unspecified atom stereocenters. The zero-order chi connectivity index (χ0) is 18.0. The van der Waals surface area contributed by atoms with Crippen LogP contribution < -0.4 is 0 Å². The second-order valence-corrected chi connectivity index (χ2v) is 5.84. The van der Waals surface area contributed by atoms with Crippen LogP contribution in [0.5, 0.6) is 0 Å². The van der Waals surface area contributed by atoms with Crippen molar-refractivity contribution in [3.05, 3.63) is 51.3 Å². The minimum absolute atomic E-state index is 0.104. The Hall–Kier alpha value is -2.74. The van der Waals surface area contributed by atoms with Crippen molar-refractivity contribution in [3.63, 3.8) is 0 Å². The van der Waals surface area contributed by atoms with Crippen molar-refractivity contribution in [1.82, 2.24) is 9.80 Å². The standard InChI is InChI=1S/C16H19N3O5/c1-10(20)13-14(11-6-4-5-7-12(11)19(23)24)18(9-8-17(2)3)16(22)15(13)21/h4-7,14,21H,8-9H2,1-3H3/t14-/m0/s1. The van der Waals surface area contributed by atoms with Crippen LogP contribution in [0.1, 0.15) is 18.5 Å². The van der Waals surface area contributed by atoms with Gasteiger partial charge in [0.25, 0.3) is 11.6 Å². The number of carbonyl (C=O) groups excluding carboxylic acids is 2. The second-order valence-electron chi connectivity index (χ2n) is 5.84. The van der Waals surface area contributed by atoms with Crippen molar-refractivity contribution in [2.24, 2.45) is 0 Å². The lowest BCUT2D eigenvalue weighted by Gasteiger charge is -2.27. The molecule has 24 heavy (non-hydrogen) atoms. The third-order valence-corrected chi connectivity index (χ3v) is 3.90. The van der Waals surface area contributed by atoms with Crippen LogP contribution in [0.15, 0.2) is 35.6 Å². The Morgan fingerprint density at radius 2 is 2.00 bits per heavy atom. The normalized spacial score (nSPS) is 17.8. The lowest BCUT2D eigenvalue weighted by Crippen LogP contribution is -2.36. The largest absolute Gasteiger partial charge is 0.503 e. The van der Waals surface area contributed by atoms with Gasteiger partial charge in [-0.1, -0.05) is 12.1 Å². The summed E-state index contributed by atoms with van der Waals surface area (Å²) in [6, 6.07) is 4.97. The first-order valence-electron chi connectivity index (χ1n) is 7.38. The molecule has 1 aliphatic rings. The summed E-state index contributed by atoms with van der Waals surface area (Å²) in [7, 11) is 3.64. The number of amides is 1. The summed E-state index contributed by atoms with van der Waals surface area (Å²) in [5.41, 5.74) is -0.0875. The van der Waals surface area contributed by atoms with E-state index < -0.39 is 28.4 Å². The molecule has 8 heteroatoms. The quantitative estimate of drug-likeness (QED) is 0.624. The average Bonchev–Trinajstić information content (AvgIpc) is 2.77. The summed E-state index contributed by atoms with van der Waals surface area (Å²) in [6.07, 6.45) is 0. The van der Waals surface area contributed by atoms with E-state index in [-0.39, 0.29) is 23.4 Å². The lowest BCUT2D eigenvalue weighted by molar-refractivity contribution is -0.385. The summed E-state index contributed by atoms with van der Waals surface area (Å²) in [4.78, 5) is 38.3. The molecule has 1 N–H and O–H groups in total. The lowest BCUT2D eigenvalue weighted by atomic mass is 9.95. The zero-order valence-electron chi connectivity index (χ0n) is 13.7. The zero-order valence-corrected chi connectivity index (χ0v) is 13.7. The number of carbonyl (C=O) groups is 2. The maximum absolute atomic E-state index is 12.4. The van der Waals surface area contributed by atoms with Gasteiger partial charge < -0.3 is 14.9 Å². The molecule has 1 aliphatic heterocycles. The molecule has 128 valence electrons. The predicted molar refractivity (Wildman–Crippen MR) is 86.4 cm³/mol. The van der Waals surface area contributed by atoms with Crippen LogP contribution >= 0.6 is 0 Å². The number of para-hydroxylation sites is 1. The van der Waals surface area contributed by atoms with Crippen LogP contribution in [0.4, 0.5) is 5.69 Å². The van der Waals surface area contributed by atoms with Crippen LogP contribution in [0.25, 0.3) is 0 Å². The van der Waals surface area contributed by atoms with Gasteiger partial charge in [-0.25, -0.2) is 0 Å². The Bertz CT molecular complexity index is 726. The maximum atomic E-state index is 12.4. The van der Waals surface area contributed by atoms with E-state index >= 15 is 0 Å². The molecule has 0 saturated carbocycles. The monoisotopic (exact) mass is 333 g/mol. The molecule has 1 aromatic carbocycles. The highest BCUT2D eigenvalue weighted by Gasteiger charge is 2.44. The van der Waals surface area contributed by atoms with Crippen molar-refractivity contribution in [3.8, 4) is 0 Å². The Labute approximate surface area is 139 Å². The summed E-state index contributed by atoms with van der Waals surface area (Å²) in [5.74, 6) is -1.81. The molecule has 1 aromatic rings. The van der Waals surface area contributed by atoms with Crippen LogP contribution in [0.3, 0.4) is 0 Å². The number of nitrogens with zero attached hydrogens (tertiary/aromatic N) is 3. The molecule has 0 aromatic heterocycles. The van der Waals surface area contributed by atoms with Gasteiger partial charge in [-0.3, -0.25) is 19.7 Å². The van der Waals surface area contributed by atoms with Gasteiger partial charge in [-0.15, -0.1) is 0 Å². The van der Waals surface area contributed by atoms with Crippen molar-refractivity contribution in [2.45, 2.75) is 13.0 Å². The number of aliphatic hydroxyl groups excluding tert-OH is 1. The molecular formula is C16H19N3O5. The summed E-state index contributed by atoms with van der Waals surface area (Å²) < 4.78 is 0. The molecule has 0 spiro atoms. The summed E-state index contributed by atoms with van der Waals surface area (Å²) >= 11 is 0. The van der Waals surface area contributed by atoms with Gasteiger partial charge in [0.2, 0.25) is 0 Å². The van der Waals surface area contributed by atoms with Crippen molar-refractivity contribution < 1.29 is 19.6 Å². The minimum Gasteiger partial charge on any atom is -0.503 e. The van der Waals surface area contributed by atoms with Gasteiger partial charge in [-0.05, 0) is 27.1 Å². The molecule has 0 saturated heterocycles. The molecule has 0 fully saturated rings. The number of aliphatic hydroxyl groups is 1. The SMILES string of the molecule is CC(=O)C1=C(O)C(=O)N(CCN(C)C)[C@H]1c1ccccc1[N+](=O)[O-]. The minimum atomic E-state index is -0.962. The molecule has 0 radical (unpaired) electrons. The van der Waals surface area contributed by atoms with E-state index in [0.29, 0.717) is 6.54 Å². The van der Waals surface area contributed by atoms with Crippen molar-refractivity contribution >= 4 is 17.4 Å². The first-order valence-corrected chi connectivity index (χ1v) is 7.38. The van der Waals surface area contributed by atoms with Crippen LogP contribution in [0, 0.1) is 10.1 Å². The molecular weight excluding hydrogens is 314 g/mol. The Kier molecular flexibility index (Phi) is 4.99. The van der Waals surface area contributed by atoms with Crippen LogP contribution in [-0.4, -0.2) is 58.7 Å². The number of hydrogen-bond acceptors (Lipinski definition) is 6. The van der Waals surface area contributed by atoms with Gasteiger partial charge in [0.1, 0.15) is 0 Å². The highest BCUT2D eigenvalue weighted by molar-refractivity contribution is 6.08. The van der Waals surface area contributed by atoms with E-state index in [1.807, 2.05) is 19.0 Å². The van der Waals surface area contributed by atoms with Gasteiger partial charge in [0.15, 0.2) is 11.5 Å². The highest BCUT2D eigenvalue weighted by Crippen LogP contribution is 2.40. The Morgan fingerprint density at radius 3 is 2.54 bits per heavy atom. The molecule has 1 atom stereocenters. The van der Waals surface area contributed by atoms with Crippen molar-refractivity contribution in [2.75, 3.05) is 27.2 Å². The summed E-state index contributed by atoms with van der Waals surface area (Å²) in [5, 5.41) is 21.4. The number of ketones is 1. The first kappa shape index (κ1) is 17.6. The second kappa shape index (κ2) is 6.79. The molecule has 8 nitrogen and oxygen atoms in total. The number of rotatable bonds is 6.